The van der Waals surface area contributed by atoms with Crippen LogP contribution in [0.2, 0.25) is 0 Å². The van der Waals surface area contributed by atoms with Crippen molar-refractivity contribution in [2.75, 3.05) is 26.2 Å². The van der Waals surface area contributed by atoms with E-state index in [0.717, 1.165) is 51.7 Å². The van der Waals surface area contributed by atoms with Crippen molar-refractivity contribution in [2.45, 2.75) is 52.4 Å². The summed E-state index contributed by atoms with van der Waals surface area (Å²) in [5.41, 5.74) is -0.219. The number of unbranched alkanes of at least 4 members (excludes halogenated alkanes) is 1. The molecule has 0 aromatic heterocycles. The highest BCUT2D eigenvalue weighted by atomic mass is 16.2. The van der Waals surface area contributed by atoms with Crippen LogP contribution in [0.15, 0.2) is 0 Å². The molecule has 1 heterocycles. The van der Waals surface area contributed by atoms with Crippen molar-refractivity contribution in [2.24, 2.45) is 5.41 Å². The number of nitrogens with zero attached hydrogens (tertiary/aromatic N) is 2. The third-order valence-corrected chi connectivity index (χ3v) is 3.69. The number of piperidine rings is 1. The fraction of sp³-hybridized carbons (Fsp3) is 0.867. The summed E-state index contributed by atoms with van der Waals surface area (Å²) in [7, 11) is 0. The maximum absolute atomic E-state index is 11.9. The van der Waals surface area contributed by atoms with E-state index in [2.05, 4.69) is 11.4 Å². The summed E-state index contributed by atoms with van der Waals surface area (Å²) in [4.78, 5) is 13.8. The Morgan fingerprint density at radius 3 is 2.58 bits per heavy atom. The lowest BCUT2D eigenvalue weighted by Gasteiger charge is -2.26. The molecule has 0 bridgehead atoms. The van der Waals surface area contributed by atoms with Gasteiger partial charge in [0.2, 0.25) is 5.91 Å². The zero-order valence-corrected chi connectivity index (χ0v) is 12.4. The number of hydrogen-bond donors (Lipinski definition) is 1. The lowest BCUT2D eigenvalue weighted by Crippen LogP contribution is -2.41. The lowest BCUT2D eigenvalue weighted by atomic mass is 9.89. The molecule has 0 saturated carbocycles. The first-order valence-corrected chi connectivity index (χ1v) is 7.45. The van der Waals surface area contributed by atoms with Crippen LogP contribution in [0, 0.1) is 16.7 Å². The van der Waals surface area contributed by atoms with Gasteiger partial charge in [-0.05, 0) is 52.5 Å². The molecule has 1 fully saturated rings. The Bertz CT molecular complexity index is 314. The number of hydrogen-bond acceptors (Lipinski definition) is 3. The quantitative estimate of drug-likeness (QED) is 0.719. The minimum atomic E-state index is -0.219. The summed E-state index contributed by atoms with van der Waals surface area (Å²) in [5, 5.41) is 12.1. The van der Waals surface area contributed by atoms with E-state index in [1.165, 1.54) is 6.42 Å². The van der Waals surface area contributed by atoms with Gasteiger partial charge in [0.05, 0.1) is 18.0 Å². The van der Waals surface area contributed by atoms with Crippen molar-refractivity contribution in [3.05, 3.63) is 0 Å². The molecule has 0 radical (unpaired) electrons. The number of nitrogens with one attached hydrogen (secondary N) is 1. The Hall–Kier alpha value is -1.08. The van der Waals surface area contributed by atoms with Crippen molar-refractivity contribution in [3.8, 4) is 6.07 Å². The molecule has 108 valence electrons. The molecule has 1 N–H and O–H groups in total. The summed E-state index contributed by atoms with van der Waals surface area (Å²) in [6, 6.07) is 2.31. The van der Waals surface area contributed by atoms with E-state index in [-0.39, 0.29) is 11.3 Å². The maximum Gasteiger partial charge on any atom is 0.236 e. The molecule has 0 aliphatic carbocycles. The van der Waals surface area contributed by atoms with Gasteiger partial charge in [-0.15, -0.1) is 0 Å². The summed E-state index contributed by atoms with van der Waals surface area (Å²) >= 11 is 0. The third-order valence-electron chi connectivity index (χ3n) is 3.69. The second-order valence-corrected chi connectivity index (χ2v) is 6.07. The largest absolute Gasteiger partial charge is 0.342 e. The number of rotatable bonds is 7. The van der Waals surface area contributed by atoms with Crippen LogP contribution >= 0.6 is 0 Å². The SMILES string of the molecule is CC(C)(C#N)CCCCNCC(=O)N1CCCCC1. The van der Waals surface area contributed by atoms with E-state index >= 15 is 0 Å². The van der Waals surface area contributed by atoms with Gasteiger partial charge in [-0.2, -0.15) is 5.26 Å². The molecule has 0 aromatic rings. The maximum atomic E-state index is 11.9. The van der Waals surface area contributed by atoms with Crippen LogP contribution in [0.5, 0.6) is 0 Å². The zero-order chi connectivity index (χ0) is 14.1. The molecule has 0 aromatic carbocycles. The van der Waals surface area contributed by atoms with E-state index in [9.17, 15) is 4.79 Å². The van der Waals surface area contributed by atoms with Crippen molar-refractivity contribution in [3.63, 3.8) is 0 Å². The van der Waals surface area contributed by atoms with Crippen molar-refractivity contribution < 1.29 is 4.79 Å². The van der Waals surface area contributed by atoms with Gasteiger partial charge in [0.15, 0.2) is 0 Å². The van der Waals surface area contributed by atoms with Crippen molar-refractivity contribution >= 4 is 5.91 Å². The van der Waals surface area contributed by atoms with Crippen molar-refractivity contribution in [1.82, 2.24) is 10.2 Å². The van der Waals surface area contributed by atoms with E-state index in [4.69, 9.17) is 5.26 Å². The Kier molecular flexibility index (Phi) is 6.86. The number of carbonyl (C=O) groups is 1. The standard InChI is InChI=1S/C15H27N3O/c1-15(2,13-16)8-4-5-9-17-12-14(19)18-10-6-3-7-11-18/h17H,3-12H2,1-2H3. The molecule has 1 rings (SSSR count). The monoisotopic (exact) mass is 265 g/mol. The molecule has 1 aliphatic rings. The molecule has 0 unspecified atom stereocenters. The first kappa shape index (κ1) is 16.0. The molecular weight excluding hydrogens is 238 g/mol. The van der Waals surface area contributed by atoms with Gasteiger partial charge in [0.25, 0.3) is 0 Å². The molecule has 4 nitrogen and oxygen atoms in total. The summed E-state index contributed by atoms with van der Waals surface area (Å²) in [6.07, 6.45) is 6.53. The van der Waals surface area contributed by atoms with Crippen LogP contribution in [-0.4, -0.2) is 37.0 Å². The van der Waals surface area contributed by atoms with Gasteiger partial charge < -0.3 is 10.2 Å². The van der Waals surface area contributed by atoms with Crippen LogP contribution < -0.4 is 5.32 Å². The third kappa shape index (κ3) is 6.58. The summed E-state index contributed by atoms with van der Waals surface area (Å²) in [6.45, 7) is 7.12. The molecule has 0 spiro atoms. The minimum absolute atomic E-state index is 0.219. The van der Waals surface area contributed by atoms with E-state index in [0.29, 0.717) is 6.54 Å². The molecule has 0 atom stereocenters. The predicted octanol–water partition coefficient (Wildman–Crippen LogP) is 2.31. The highest BCUT2D eigenvalue weighted by Gasteiger charge is 2.16. The normalized spacial score (nSPS) is 16.2. The van der Waals surface area contributed by atoms with Gasteiger partial charge in [-0.25, -0.2) is 0 Å². The average molecular weight is 265 g/mol. The number of carbonyl (C=O) groups excluding carboxylic acids is 1. The second-order valence-electron chi connectivity index (χ2n) is 6.07. The predicted molar refractivity (Wildman–Crippen MR) is 76.5 cm³/mol. The molecule has 1 amide bonds. The van der Waals surface area contributed by atoms with E-state index in [1.54, 1.807) is 0 Å². The van der Waals surface area contributed by atoms with Crippen LogP contribution in [0.3, 0.4) is 0 Å². The number of likely N-dealkylation sites (tertiary alicyclic amines) is 1. The van der Waals surface area contributed by atoms with Gasteiger partial charge >= 0.3 is 0 Å². The van der Waals surface area contributed by atoms with Gasteiger partial charge in [-0.3, -0.25) is 4.79 Å². The van der Waals surface area contributed by atoms with Crippen LogP contribution in [0.1, 0.15) is 52.4 Å². The highest BCUT2D eigenvalue weighted by Crippen LogP contribution is 2.21. The van der Waals surface area contributed by atoms with Gasteiger partial charge in [0.1, 0.15) is 0 Å². The molecule has 1 saturated heterocycles. The van der Waals surface area contributed by atoms with Gasteiger partial charge in [0, 0.05) is 13.1 Å². The van der Waals surface area contributed by atoms with Crippen molar-refractivity contribution in [1.29, 1.82) is 5.26 Å². The van der Waals surface area contributed by atoms with Gasteiger partial charge in [-0.1, -0.05) is 6.42 Å². The number of nitriles is 1. The van der Waals surface area contributed by atoms with Crippen LogP contribution in [-0.2, 0) is 4.79 Å². The topological polar surface area (TPSA) is 56.1 Å². The second kappa shape index (κ2) is 8.16. The average Bonchev–Trinajstić information content (AvgIpc) is 2.43. The fourth-order valence-corrected chi connectivity index (χ4v) is 2.32. The number of amides is 1. The van der Waals surface area contributed by atoms with E-state index in [1.807, 2.05) is 18.7 Å². The zero-order valence-electron chi connectivity index (χ0n) is 12.4. The molecule has 1 aliphatic heterocycles. The smallest absolute Gasteiger partial charge is 0.236 e. The lowest BCUT2D eigenvalue weighted by molar-refractivity contribution is -0.131. The minimum Gasteiger partial charge on any atom is -0.342 e. The summed E-state index contributed by atoms with van der Waals surface area (Å²) < 4.78 is 0. The molecular formula is C15H27N3O. The summed E-state index contributed by atoms with van der Waals surface area (Å²) in [5.74, 6) is 0.233. The first-order chi connectivity index (χ1) is 9.05. The van der Waals surface area contributed by atoms with E-state index < -0.39 is 0 Å². The highest BCUT2D eigenvalue weighted by molar-refractivity contribution is 5.78. The molecule has 4 heteroatoms. The van der Waals surface area contributed by atoms with Crippen LogP contribution in [0.4, 0.5) is 0 Å². The fourth-order valence-electron chi connectivity index (χ4n) is 2.32. The Morgan fingerprint density at radius 1 is 1.26 bits per heavy atom. The Balaban J connectivity index is 2.01. The Morgan fingerprint density at radius 2 is 1.95 bits per heavy atom. The van der Waals surface area contributed by atoms with Crippen LogP contribution in [0.25, 0.3) is 0 Å². The Labute approximate surface area is 117 Å². The first-order valence-electron chi connectivity index (χ1n) is 7.45. The molecule has 19 heavy (non-hydrogen) atoms.